The van der Waals surface area contributed by atoms with E-state index in [1.54, 1.807) is 23.0 Å². The van der Waals surface area contributed by atoms with Gasteiger partial charge >= 0.3 is 0 Å². The number of rotatable bonds is 6. The summed E-state index contributed by atoms with van der Waals surface area (Å²) in [5.41, 5.74) is 1.68. The topological polar surface area (TPSA) is 78.3 Å². The standard InChI is InChI=1S/C18H17ClN4O3/c1-25-16-9-14(17(26-2)8-13(16)19)20-18(24)15-11-23(22-21-15)10-12-6-4-3-5-7-12/h3-9,11H,10H2,1-2H3,(H,20,24). The molecule has 1 heterocycles. The van der Waals surface area contributed by atoms with Gasteiger partial charge in [-0.25, -0.2) is 4.68 Å². The number of carbonyl (C=O) groups excluding carboxylic acids is 1. The number of anilines is 1. The maximum Gasteiger partial charge on any atom is 0.277 e. The van der Waals surface area contributed by atoms with E-state index in [1.165, 1.54) is 14.2 Å². The average Bonchev–Trinajstić information content (AvgIpc) is 3.12. The van der Waals surface area contributed by atoms with Crippen molar-refractivity contribution in [1.29, 1.82) is 0 Å². The molecule has 0 spiro atoms. The highest BCUT2D eigenvalue weighted by Crippen LogP contribution is 2.35. The predicted molar refractivity (Wildman–Crippen MR) is 98.1 cm³/mol. The number of methoxy groups -OCH3 is 2. The van der Waals surface area contributed by atoms with Gasteiger partial charge in [0.05, 0.1) is 37.7 Å². The second kappa shape index (κ2) is 7.88. The van der Waals surface area contributed by atoms with Crippen LogP contribution in [0.1, 0.15) is 16.1 Å². The van der Waals surface area contributed by atoms with E-state index in [1.807, 2.05) is 30.3 Å². The summed E-state index contributed by atoms with van der Waals surface area (Å²) < 4.78 is 12.0. The first kappa shape index (κ1) is 17.8. The number of carbonyl (C=O) groups is 1. The molecule has 1 amide bonds. The lowest BCUT2D eigenvalue weighted by molar-refractivity contribution is 0.102. The Labute approximate surface area is 155 Å². The van der Waals surface area contributed by atoms with Gasteiger partial charge in [0.15, 0.2) is 5.69 Å². The zero-order chi connectivity index (χ0) is 18.5. The minimum Gasteiger partial charge on any atom is -0.495 e. The van der Waals surface area contributed by atoms with E-state index < -0.39 is 5.91 Å². The van der Waals surface area contributed by atoms with Gasteiger partial charge in [-0.1, -0.05) is 47.1 Å². The van der Waals surface area contributed by atoms with Crippen molar-refractivity contribution in [2.75, 3.05) is 19.5 Å². The Morgan fingerprint density at radius 2 is 1.88 bits per heavy atom. The van der Waals surface area contributed by atoms with Crippen LogP contribution in [0.25, 0.3) is 0 Å². The second-order valence-electron chi connectivity index (χ2n) is 5.43. The summed E-state index contributed by atoms with van der Waals surface area (Å²) in [6, 6.07) is 13.0. The molecular formula is C18H17ClN4O3. The fraction of sp³-hybridized carbons (Fsp3) is 0.167. The number of nitrogens with zero attached hydrogens (tertiary/aromatic N) is 3. The molecule has 0 aliphatic rings. The monoisotopic (exact) mass is 372 g/mol. The zero-order valence-corrected chi connectivity index (χ0v) is 15.0. The third-order valence-corrected chi connectivity index (χ3v) is 3.98. The zero-order valence-electron chi connectivity index (χ0n) is 14.3. The molecule has 0 saturated heterocycles. The number of ether oxygens (including phenoxy) is 2. The summed E-state index contributed by atoms with van der Waals surface area (Å²) in [6.45, 7) is 0.527. The fourth-order valence-corrected chi connectivity index (χ4v) is 2.63. The molecule has 0 aliphatic carbocycles. The van der Waals surface area contributed by atoms with E-state index in [4.69, 9.17) is 21.1 Å². The van der Waals surface area contributed by atoms with E-state index in [-0.39, 0.29) is 5.69 Å². The van der Waals surface area contributed by atoms with Crippen molar-refractivity contribution in [2.45, 2.75) is 6.54 Å². The SMILES string of the molecule is COc1cc(NC(=O)c2cn(Cc3ccccc3)nn2)c(OC)cc1Cl. The summed E-state index contributed by atoms with van der Waals surface area (Å²) in [6.07, 6.45) is 1.59. The Hall–Kier alpha value is -3.06. The van der Waals surface area contributed by atoms with Gasteiger partial charge in [0.25, 0.3) is 5.91 Å². The molecular weight excluding hydrogens is 356 g/mol. The lowest BCUT2D eigenvalue weighted by atomic mass is 10.2. The quantitative estimate of drug-likeness (QED) is 0.718. The Kier molecular flexibility index (Phi) is 5.38. The van der Waals surface area contributed by atoms with Crippen LogP contribution in [0.5, 0.6) is 11.5 Å². The third-order valence-electron chi connectivity index (χ3n) is 3.68. The van der Waals surface area contributed by atoms with Gasteiger partial charge in [0.1, 0.15) is 11.5 Å². The molecule has 8 heteroatoms. The molecule has 3 rings (SSSR count). The largest absolute Gasteiger partial charge is 0.495 e. The molecule has 0 aliphatic heterocycles. The summed E-state index contributed by atoms with van der Waals surface area (Å²) in [7, 11) is 2.98. The Bertz CT molecular complexity index is 912. The van der Waals surface area contributed by atoms with E-state index in [2.05, 4.69) is 15.6 Å². The minimum atomic E-state index is -0.410. The highest BCUT2D eigenvalue weighted by atomic mass is 35.5. The Balaban J connectivity index is 1.76. The van der Waals surface area contributed by atoms with Crippen molar-refractivity contribution in [1.82, 2.24) is 15.0 Å². The van der Waals surface area contributed by atoms with Gasteiger partial charge in [0, 0.05) is 12.1 Å². The predicted octanol–water partition coefficient (Wildman–Crippen LogP) is 3.25. The first-order chi connectivity index (χ1) is 12.6. The average molecular weight is 373 g/mol. The third kappa shape index (κ3) is 3.94. The molecule has 0 bridgehead atoms. The van der Waals surface area contributed by atoms with Crippen molar-refractivity contribution >= 4 is 23.2 Å². The number of hydrogen-bond acceptors (Lipinski definition) is 5. The van der Waals surface area contributed by atoms with Crippen LogP contribution >= 0.6 is 11.6 Å². The van der Waals surface area contributed by atoms with Crippen molar-refractivity contribution < 1.29 is 14.3 Å². The molecule has 26 heavy (non-hydrogen) atoms. The molecule has 0 radical (unpaired) electrons. The molecule has 0 saturated carbocycles. The van der Waals surface area contributed by atoms with Crippen LogP contribution in [-0.4, -0.2) is 35.1 Å². The molecule has 1 N–H and O–H groups in total. The minimum absolute atomic E-state index is 0.192. The highest BCUT2D eigenvalue weighted by molar-refractivity contribution is 6.32. The van der Waals surface area contributed by atoms with E-state index in [0.717, 1.165) is 5.56 Å². The molecule has 0 atom stereocenters. The lowest BCUT2D eigenvalue weighted by Crippen LogP contribution is -2.13. The van der Waals surface area contributed by atoms with Crippen LogP contribution in [0.2, 0.25) is 5.02 Å². The van der Waals surface area contributed by atoms with Crippen LogP contribution < -0.4 is 14.8 Å². The van der Waals surface area contributed by atoms with E-state index >= 15 is 0 Å². The lowest BCUT2D eigenvalue weighted by Gasteiger charge is -2.12. The molecule has 7 nitrogen and oxygen atoms in total. The van der Waals surface area contributed by atoms with Crippen LogP contribution in [0, 0.1) is 0 Å². The number of amides is 1. The van der Waals surface area contributed by atoms with Crippen LogP contribution in [0.4, 0.5) is 5.69 Å². The Morgan fingerprint density at radius 3 is 2.58 bits per heavy atom. The smallest absolute Gasteiger partial charge is 0.277 e. The van der Waals surface area contributed by atoms with Gasteiger partial charge in [-0.3, -0.25) is 4.79 Å². The summed E-state index contributed by atoms with van der Waals surface area (Å²) in [5, 5.41) is 11.0. The van der Waals surface area contributed by atoms with Gasteiger partial charge in [-0.2, -0.15) is 0 Å². The normalized spacial score (nSPS) is 10.4. The van der Waals surface area contributed by atoms with Crippen molar-refractivity contribution in [3.8, 4) is 11.5 Å². The first-order valence-corrected chi connectivity index (χ1v) is 8.15. The number of benzene rings is 2. The van der Waals surface area contributed by atoms with Gasteiger partial charge in [-0.15, -0.1) is 5.10 Å². The fourth-order valence-electron chi connectivity index (χ4n) is 2.39. The van der Waals surface area contributed by atoms with Crippen molar-refractivity contribution in [3.05, 3.63) is 64.9 Å². The molecule has 0 unspecified atom stereocenters. The van der Waals surface area contributed by atoms with Gasteiger partial charge < -0.3 is 14.8 Å². The first-order valence-electron chi connectivity index (χ1n) is 7.77. The van der Waals surface area contributed by atoms with Crippen molar-refractivity contribution in [3.63, 3.8) is 0 Å². The summed E-state index contributed by atoms with van der Waals surface area (Å²) in [4.78, 5) is 12.5. The molecule has 2 aromatic carbocycles. The molecule has 134 valence electrons. The van der Waals surface area contributed by atoms with Gasteiger partial charge in [0.2, 0.25) is 0 Å². The Morgan fingerprint density at radius 1 is 1.15 bits per heavy atom. The van der Waals surface area contributed by atoms with E-state index in [9.17, 15) is 4.79 Å². The maximum absolute atomic E-state index is 12.5. The summed E-state index contributed by atoms with van der Waals surface area (Å²) >= 11 is 6.07. The number of aromatic nitrogens is 3. The molecule has 0 fully saturated rings. The second-order valence-corrected chi connectivity index (χ2v) is 5.84. The number of halogens is 1. The van der Waals surface area contributed by atoms with Crippen molar-refractivity contribution in [2.24, 2.45) is 0 Å². The van der Waals surface area contributed by atoms with Crippen LogP contribution in [0.3, 0.4) is 0 Å². The van der Waals surface area contributed by atoms with Gasteiger partial charge in [-0.05, 0) is 5.56 Å². The summed E-state index contributed by atoms with van der Waals surface area (Å²) in [5.74, 6) is 0.434. The van der Waals surface area contributed by atoms with Crippen LogP contribution in [0.15, 0.2) is 48.7 Å². The maximum atomic E-state index is 12.5. The number of nitrogens with one attached hydrogen (secondary N) is 1. The molecule has 3 aromatic rings. The molecule has 1 aromatic heterocycles. The highest BCUT2D eigenvalue weighted by Gasteiger charge is 2.16. The van der Waals surface area contributed by atoms with E-state index in [0.29, 0.717) is 28.8 Å². The van der Waals surface area contributed by atoms with Crippen LogP contribution in [-0.2, 0) is 6.54 Å². The number of hydrogen-bond donors (Lipinski definition) is 1.